The Kier molecular flexibility index (Phi) is 7.13. The highest BCUT2D eigenvalue weighted by atomic mass is 35.5. The maximum atomic E-state index is 12.9. The summed E-state index contributed by atoms with van der Waals surface area (Å²) in [4.78, 5) is 29.5. The number of nitrogens with one attached hydrogen (secondary N) is 1. The van der Waals surface area contributed by atoms with E-state index in [1.165, 1.54) is 6.07 Å². The van der Waals surface area contributed by atoms with Crippen LogP contribution in [-0.2, 0) is 0 Å². The van der Waals surface area contributed by atoms with Gasteiger partial charge in [0.15, 0.2) is 0 Å². The van der Waals surface area contributed by atoms with E-state index in [4.69, 9.17) is 34.8 Å². The van der Waals surface area contributed by atoms with Crippen LogP contribution in [0.15, 0.2) is 60.7 Å². The van der Waals surface area contributed by atoms with Crippen molar-refractivity contribution in [2.75, 3.05) is 36.4 Å². The van der Waals surface area contributed by atoms with E-state index < -0.39 is 0 Å². The van der Waals surface area contributed by atoms with Gasteiger partial charge in [0.2, 0.25) is 0 Å². The Bertz CT molecular complexity index is 1210. The zero-order valence-electron chi connectivity index (χ0n) is 17.9. The van der Waals surface area contributed by atoms with Gasteiger partial charge in [0.05, 0.1) is 21.3 Å². The smallest absolute Gasteiger partial charge is 0.257 e. The second kappa shape index (κ2) is 10.0. The lowest BCUT2D eigenvalue weighted by atomic mass is 10.1. The monoisotopic (exact) mass is 501 g/mol. The molecule has 0 aromatic heterocycles. The van der Waals surface area contributed by atoms with E-state index in [2.05, 4.69) is 10.2 Å². The predicted octanol–water partition coefficient (Wildman–Crippen LogP) is 6.17. The van der Waals surface area contributed by atoms with E-state index in [0.717, 1.165) is 16.8 Å². The molecule has 1 heterocycles. The first kappa shape index (κ1) is 23.4. The topological polar surface area (TPSA) is 52.7 Å². The van der Waals surface area contributed by atoms with E-state index in [1.54, 1.807) is 24.3 Å². The van der Waals surface area contributed by atoms with Crippen molar-refractivity contribution in [1.82, 2.24) is 4.90 Å². The average Bonchev–Trinajstić information content (AvgIpc) is 2.81. The molecule has 8 heteroatoms. The molecular formula is C25H22Cl3N3O2. The summed E-state index contributed by atoms with van der Waals surface area (Å²) in [5.74, 6) is -0.314. The number of nitrogens with zero attached hydrogens (tertiary/aromatic N) is 2. The minimum absolute atomic E-state index is 0.0524. The van der Waals surface area contributed by atoms with Crippen molar-refractivity contribution in [3.8, 4) is 0 Å². The summed E-state index contributed by atoms with van der Waals surface area (Å²) in [6, 6.07) is 17.7. The largest absolute Gasteiger partial charge is 0.367 e. The first-order valence-electron chi connectivity index (χ1n) is 10.5. The molecule has 0 unspecified atom stereocenters. The van der Waals surface area contributed by atoms with E-state index in [0.29, 0.717) is 52.5 Å². The van der Waals surface area contributed by atoms with Crippen LogP contribution in [0, 0.1) is 6.92 Å². The van der Waals surface area contributed by atoms with Gasteiger partial charge in [-0.1, -0.05) is 53.0 Å². The zero-order chi connectivity index (χ0) is 23.5. The molecule has 3 aromatic carbocycles. The third-order valence-corrected chi connectivity index (χ3v) is 6.53. The van der Waals surface area contributed by atoms with Crippen molar-refractivity contribution in [3.63, 3.8) is 0 Å². The number of benzene rings is 3. The molecule has 1 fully saturated rings. The van der Waals surface area contributed by atoms with Crippen LogP contribution in [0.5, 0.6) is 0 Å². The molecule has 0 aliphatic carbocycles. The number of carbonyl (C=O) groups excluding carboxylic acids is 2. The molecule has 0 radical (unpaired) electrons. The first-order valence-corrected chi connectivity index (χ1v) is 11.6. The summed E-state index contributed by atoms with van der Waals surface area (Å²) in [6.07, 6.45) is 0. The van der Waals surface area contributed by atoms with Crippen LogP contribution in [0.1, 0.15) is 26.3 Å². The maximum absolute atomic E-state index is 12.9. The zero-order valence-corrected chi connectivity index (χ0v) is 20.2. The van der Waals surface area contributed by atoms with Crippen LogP contribution in [0.3, 0.4) is 0 Å². The normalized spacial score (nSPS) is 13.7. The molecule has 170 valence electrons. The number of hydrogen-bond donors (Lipinski definition) is 1. The van der Waals surface area contributed by atoms with Gasteiger partial charge < -0.3 is 15.1 Å². The standard InChI is InChI=1S/C25H22Cl3N3O2/c1-16-4-2-3-5-19(16)25(33)31-12-10-30(11-13-31)23-9-7-18(15-22(23)28)29-24(32)20-14-17(26)6-8-21(20)27/h2-9,14-15H,10-13H2,1H3,(H,29,32). The number of anilines is 2. The number of piperazine rings is 1. The van der Waals surface area contributed by atoms with Gasteiger partial charge in [-0.25, -0.2) is 0 Å². The van der Waals surface area contributed by atoms with Gasteiger partial charge in [-0.3, -0.25) is 9.59 Å². The highest BCUT2D eigenvalue weighted by Crippen LogP contribution is 2.31. The minimum atomic E-state index is -0.366. The predicted molar refractivity (Wildman–Crippen MR) is 135 cm³/mol. The number of carbonyl (C=O) groups is 2. The summed E-state index contributed by atoms with van der Waals surface area (Å²) in [6.45, 7) is 4.50. The fraction of sp³-hybridized carbons (Fsp3) is 0.200. The average molecular weight is 503 g/mol. The SMILES string of the molecule is Cc1ccccc1C(=O)N1CCN(c2ccc(NC(=O)c3cc(Cl)ccc3Cl)cc2Cl)CC1. The van der Waals surface area contributed by atoms with E-state index in [9.17, 15) is 9.59 Å². The fourth-order valence-corrected chi connectivity index (χ4v) is 4.52. The van der Waals surface area contributed by atoms with Crippen LogP contribution in [0.4, 0.5) is 11.4 Å². The van der Waals surface area contributed by atoms with Crippen LogP contribution >= 0.6 is 34.8 Å². The van der Waals surface area contributed by atoms with Gasteiger partial charge >= 0.3 is 0 Å². The molecule has 0 atom stereocenters. The second-order valence-corrected chi connectivity index (χ2v) is 9.09. The van der Waals surface area contributed by atoms with Crippen molar-refractivity contribution in [3.05, 3.63) is 92.4 Å². The number of hydrogen-bond acceptors (Lipinski definition) is 3. The molecule has 0 bridgehead atoms. The minimum Gasteiger partial charge on any atom is -0.367 e. The molecule has 1 aliphatic rings. The summed E-state index contributed by atoms with van der Waals surface area (Å²) in [7, 11) is 0. The lowest BCUT2D eigenvalue weighted by molar-refractivity contribution is 0.0746. The van der Waals surface area contributed by atoms with E-state index in [-0.39, 0.29) is 11.8 Å². The number of halogens is 3. The third-order valence-electron chi connectivity index (χ3n) is 5.66. The lowest BCUT2D eigenvalue weighted by Crippen LogP contribution is -2.49. The summed E-state index contributed by atoms with van der Waals surface area (Å²) >= 11 is 18.6. The Morgan fingerprint density at radius 3 is 2.24 bits per heavy atom. The first-order chi connectivity index (χ1) is 15.8. The summed E-state index contributed by atoms with van der Waals surface area (Å²) in [5, 5.41) is 4.07. The van der Waals surface area contributed by atoms with E-state index in [1.807, 2.05) is 42.2 Å². The molecule has 2 amide bonds. The molecule has 0 saturated carbocycles. The van der Waals surface area contributed by atoms with Crippen molar-refractivity contribution < 1.29 is 9.59 Å². The van der Waals surface area contributed by atoms with Gasteiger partial charge in [-0.2, -0.15) is 0 Å². The maximum Gasteiger partial charge on any atom is 0.257 e. The summed E-state index contributed by atoms with van der Waals surface area (Å²) < 4.78 is 0. The van der Waals surface area contributed by atoms with Crippen LogP contribution < -0.4 is 10.2 Å². The highest BCUT2D eigenvalue weighted by Gasteiger charge is 2.24. The molecular weight excluding hydrogens is 481 g/mol. The molecule has 33 heavy (non-hydrogen) atoms. The van der Waals surface area contributed by atoms with Crippen LogP contribution in [0.25, 0.3) is 0 Å². The van der Waals surface area contributed by atoms with Gasteiger partial charge in [-0.05, 0) is 55.0 Å². The highest BCUT2D eigenvalue weighted by molar-refractivity contribution is 6.36. The van der Waals surface area contributed by atoms with Gasteiger partial charge in [0.1, 0.15) is 0 Å². The Morgan fingerprint density at radius 1 is 0.818 bits per heavy atom. The van der Waals surface area contributed by atoms with Crippen molar-refractivity contribution >= 4 is 58.0 Å². The molecule has 1 saturated heterocycles. The Hall–Kier alpha value is -2.73. The Morgan fingerprint density at radius 2 is 1.55 bits per heavy atom. The Labute approximate surface area is 207 Å². The quantitative estimate of drug-likeness (QED) is 0.464. The number of aryl methyl sites for hydroxylation is 1. The van der Waals surface area contributed by atoms with E-state index >= 15 is 0 Å². The number of rotatable bonds is 4. The number of amides is 2. The van der Waals surface area contributed by atoms with Crippen molar-refractivity contribution in [2.45, 2.75) is 6.92 Å². The van der Waals surface area contributed by atoms with Crippen LogP contribution in [-0.4, -0.2) is 42.9 Å². The summed E-state index contributed by atoms with van der Waals surface area (Å²) in [5.41, 5.74) is 3.42. The molecule has 1 aliphatic heterocycles. The molecule has 4 rings (SSSR count). The molecule has 1 N–H and O–H groups in total. The molecule has 3 aromatic rings. The molecule has 5 nitrogen and oxygen atoms in total. The molecule has 0 spiro atoms. The van der Waals surface area contributed by atoms with Gasteiger partial charge in [0, 0.05) is 42.5 Å². The van der Waals surface area contributed by atoms with Crippen molar-refractivity contribution in [2.24, 2.45) is 0 Å². The second-order valence-electron chi connectivity index (χ2n) is 7.84. The van der Waals surface area contributed by atoms with Gasteiger partial charge in [0.25, 0.3) is 11.8 Å². The van der Waals surface area contributed by atoms with Crippen LogP contribution in [0.2, 0.25) is 15.1 Å². The van der Waals surface area contributed by atoms with Gasteiger partial charge in [-0.15, -0.1) is 0 Å². The van der Waals surface area contributed by atoms with Crippen molar-refractivity contribution in [1.29, 1.82) is 0 Å². The third kappa shape index (κ3) is 5.27. The lowest BCUT2D eigenvalue weighted by Gasteiger charge is -2.36. The Balaban J connectivity index is 1.41. The fourth-order valence-electron chi connectivity index (χ4n) is 3.84.